The van der Waals surface area contributed by atoms with E-state index >= 15 is 0 Å². The Bertz CT molecular complexity index is 509. The van der Waals surface area contributed by atoms with Crippen LogP contribution in [0.2, 0.25) is 5.02 Å². The van der Waals surface area contributed by atoms with Crippen molar-refractivity contribution in [3.8, 4) is 0 Å². The number of nitrogens with zero attached hydrogens (tertiary/aromatic N) is 1. The van der Waals surface area contributed by atoms with E-state index in [4.69, 9.17) is 11.6 Å². The highest BCUT2D eigenvalue weighted by Crippen LogP contribution is 2.38. The Kier molecular flexibility index (Phi) is 3.98. The summed E-state index contributed by atoms with van der Waals surface area (Å²) in [5.41, 5.74) is -0.732. The van der Waals surface area contributed by atoms with Crippen molar-refractivity contribution in [2.24, 2.45) is 0 Å². The minimum absolute atomic E-state index is 0.201. The predicted octanol–water partition coefficient (Wildman–Crippen LogP) is 2.94. The molecule has 0 radical (unpaired) electrons. The highest BCUT2D eigenvalue weighted by atomic mass is 35.5. The standard InChI is InChI=1S/C11H10ClF3N2OS/c1-16-9-10(18)17(5-19-9)6-2-3-8(12)7(4-6)11(13,14)15/h2-4,9,16H,5H2,1H3. The lowest BCUT2D eigenvalue weighted by Gasteiger charge is -2.18. The summed E-state index contributed by atoms with van der Waals surface area (Å²) in [5.74, 6) is 0.0476. The zero-order valence-corrected chi connectivity index (χ0v) is 11.4. The van der Waals surface area contributed by atoms with E-state index in [0.717, 1.165) is 12.1 Å². The number of hydrogen-bond donors (Lipinski definition) is 1. The summed E-state index contributed by atoms with van der Waals surface area (Å²) in [6.07, 6.45) is -4.54. The molecule has 0 saturated carbocycles. The maximum Gasteiger partial charge on any atom is 0.417 e. The number of alkyl halides is 3. The van der Waals surface area contributed by atoms with Gasteiger partial charge in [0.25, 0.3) is 5.91 Å². The fourth-order valence-electron chi connectivity index (χ4n) is 1.73. The summed E-state index contributed by atoms with van der Waals surface area (Å²) >= 11 is 6.86. The average molecular weight is 311 g/mol. The second-order valence-electron chi connectivity index (χ2n) is 3.89. The van der Waals surface area contributed by atoms with Gasteiger partial charge in [-0.1, -0.05) is 11.6 Å². The molecule has 1 atom stereocenters. The van der Waals surface area contributed by atoms with Crippen molar-refractivity contribution < 1.29 is 18.0 Å². The largest absolute Gasteiger partial charge is 0.417 e. The molecule has 3 nitrogen and oxygen atoms in total. The number of hydrogen-bond acceptors (Lipinski definition) is 3. The lowest BCUT2D eigenvalue weighted by molar-refractivity contribution is -0.137. The van der Waals surface area contributed by atoms with Crippen molar-refractivity contribution in [1.29, 1.82) is 0 Å². The topological polar surface area (TPSA) is 32.3 Å². The van der Waals surface area contributed by atoms with E-state index < -0.39 is 17.1 Å². The lowest BCUT2D eigenvalue weighted by Crippen LogP contribution is -2.35. The first kappa shape index (κ1) is 14.5. The van der Waals surface area contributed by atoms with Crippen LogP contribution in [0.5, 0.6) is 0 Å². The van der Waals surface area contributed by atoms with E-state index in [-0.39, 0.29) is 16.6 Å². The van der Waals surface area contributed by atoms with E-state index in [9.17, 15) is 18.0 Å². The molecule has 1 aliphatic heterocycles. The Morgan fingerprint density at radius 3 is 2.68 bits per heavy atom. The number of thioether (sulfide) groups is 1. The third-order valence-electron chi connectivity index (χ3n) is 2.69. The molecule has 1 amide bonds. The van der Waals surface area contributed by atoms with Crippen LogP contribution in [0.1, 0.15) is 5.56 Å². The molecule has 2 rings (SSSR count). The zero-order valence-electron chi connectivity index (χ0n) is 9.79. The van der Waals surface area contributed by atoms with Gasteiger partial charge < -0.3 is 10.2 Å². The Morgan fingerprint density at radius 1 is 1.47 bits per heavy atom. The van der Waals surface area contributed by atoms with E-state index in [1.807, 2.05) is 0 Å². The van der Waals surface area contributed by atoms with Gasteiger partial charge >= 0.3 is 6.18 Å². The number of anilines is 1. The quantitative estimate of drug-likeness (QED) is 0.911. The molecule has 0 bridgehead atoms. The van der Waals surface area contributed by atoms with Gasteiger partial charge in [0.1, 0.15) is 5.37 Å². The van der Waals surface area contributed by atoms with Crippen LogP contribution in [0.3, 0.4) is 0 Å². The van der Waals surface area contributed by atoms with Gasteiger partial charge in [-0.15, -0.1) is 11.8 Å². The van der Waals surface area contributed by atoms with Crippen LogP contribution >= 0.6 is 23.4 Å². The first-order valence-corrected chi connectivity index (χ1v) is 6.74. The normalized spacial score (nSPS) is 20.2. The predicted molar refractivity (Wildman–Crippen MR) is 69.2 cm³/mol. The minimum Gasteiger partial charge on any atom is -0.301 e. The van der Waals surface area contributed by atoms with Crippen molar-refractivity contribution in [2.45, 2.75) is 11.6 Å². The molecule has 1 saturated heterocycles. The molecule has 104 valence electrons. The molecule has 1 aliphatic rings. The molecule has 1 heterocycles. The van der Waals surface area contributed by atoms with E-state index in [0.29, 0.717) is 5.88 Å². The second kappa shape index (κ2) is 5.22. The Morgan fingerprint density at radius 2 is 2.16 bits per heavy atom. The van der Waals surface area contributed by atoms with Gasteiger partial charge in [-0.2, -0.15) is 13.2 Å². The summed E-state index contributed by atoms with van der Waals surface area (Å²) < 4.78 is 38.3. The summed E-state index contributed by atoms with van der Waals surface area (Å²) in [6.45, 7) is 0. The lowest BCUT2D eigenvalue weighted by atomic mass is 10.2. The van der Waals surface area contributed by atoms with Gasteiger partial charge in [-0.25, -0.2) is 0 Å². The fourth-order valence-corrected chi connectivity index (χ4v) is 2.97. The van der Waals surface area contributed by atoms with Crippen molar-refractivity contribution in [3.05, 3.63) is 28.8 Å². The first-order valence-electron chi connectivity index (χ1n) is 5.31. The zero-order chi connectivity index (χ0) is 14.2. The average Bonchev–Trinajstić information content (AvgIpc) is 2.70. The molecular formula is C11H10ClF3N2OS. The summed E-state index contributed by atoms with van der Waals surface area (Å²) in [5, 5.41) is 1.99. The number of carbonyl (C=O) groups excluding carboxylic acids is 1. The van der Waals surface area contributed by atoms with Gasteiger partial charge in [0.05, 0.1) is 16.5 Å². The Labute approximate surface area is 117 Å². The van der Waals surface area contributed by atoms with Gasteiger partial charge in [0, 0.05) is 5.69 Å². The van der Waals surface area contributed by atoms with E-state index in [1.54, 1.807) is 7.05 Å². The molecule has 1 aromatic carbocycles. The van der Waals surface area contributed by atoms with Gasteiger partial charge in [-0.3, -0.25) is 4.79 Å². The third-order valence-corrected chi connectivity index (χ3v) is 4.20. The van der Waals surface area contributed by atoms with Gasteiger partial charge in [0.2, 0.25) is 0 Å². The number of halogens is 4. The van der Waals surface area contributed by atoms with Crippen LogP contribution < -0.4 is 10.2 Å². The van der Waals surface area contributed by atoms with E-state index in [1.165, 1.54) is 22.7 Å². The maximum absolute atomic E-state index is 12.8. The molecule has 1 unspecified atom stereocenters. The molecule has 0 aromatic heterocycles. The highest BCUT2D eigenvalue weighted by Gasteiger charge is 2.36. The van der Waals surface area contributed by atoms with Crippen LogP contribution in [0.15, 0.2) is 18.2 Å². The van der Waals surface area contributed by atoms with Crippen molar-refractivity contribution >= 4 is 35.0 Å². The third kappa shape index (κ3) is 2.82. The van der Waals surface area contributed by atoms with Crippen molar-refractivity contribution in [3.63, 3.8) is 0 Å². The fraction of sp³-hybridized carbons (Fsp3) is 0.364. The Hall–Kier alpha value is -0.920. The van der Waals surface area contributed by atoms with Gasteiger partial charge in [-0.05, 0) is 25.2 Å². The molecule has 0 spiro atoms. The second-order valence-corrected chi connectivity index (χ2v) is 5.36. The Balaban J connectivity index is 2.35. The van der Waals surface area contributed by atoms with Crippen LogP contribution in [-0.4, -0.2) is 24.2 Å². The molecule has 0 aliphatic carbocycles. The monoisotopic (exact) mass is 310 g/mol. The number of amides is 1. The molecule has 19 heavy (non-hydrogen) atoms. The first-order chi connectivity index (χ1) is 8.84. The molecular weight excluding hydrogens is 301 g/mol. The number of carbonyl (C=O) groups is 1. The summed E-state index contributed by atoms with van der Waals surface area (Å²) in [7, 11) is 1.63. The SMILES string of the molecule is CNC1SCN(c2ccc(Cl)c(C(F)(F)F)c2)C1=O. The van der Waals surface area contributed by atoms with Crippen molar-refractivity contribution in [1.82, 2.24) is 5.32 Å². The highest BCUT2D eigenvalue weighted by molar-refractivity contribution is 8.01. The smallest absolute Gasteiger partial charge is 0.301 e. The van der Waals surface area contributed by atoms with Crippen LogP contribution in [0.4, 0.5) is 18.9 Å². The number of rotatable bonds is 2. The molecule has 8 heteroatoms. The summed E-state index contributed by atoms with van der Waals surface area (Å²) in [4.78, 5) is 13.2. The summed E-state index contributed by atoms with van der Waals surface area (Å²) in [6, 6.07) is 3.47. The molecule has 1 aromatic rings. The number of likely N-dealkylation sites (N-methyl/N-ethyl adjacent to an activating group) is 1. The molecule has 1 N–H and O–H groups in total. The van der Waals surface area contributed by atoms with E-state index in [2.05, 4.69) is 5.32 Å². The van der Waals surface area contributed by atoms with Crippen LogP contribution in [0.25, 0.3) is 0 Å². The molecule has 1 fully saturated rings. The van der Waals surface area contributed by atoms with Crippen molar-refractivity contribution in [2.75, 3.05) is 17.8 Å². The minimum atomic E-state index is -4.54. The number of nitrogens with one attached hydrogen (secondary N) is 1. The van der Waals surface area contributed by atoms with Crippen LogP contribution in [-0.2, 0) is 11.0 Å². The number of benzene rings is 1. The van der Waals surface area contributed by atoms with Gasteiger partial charge in [0.15, 0.2) is 0 Å². The maximum atomic E-state index is 12.8. The van der Waals surface area contributed by atoms with Crippen LogP contribution in [0, 0.1) is 0 Å².